The Balaban J connectivity index is 0.000000559. The van der Waals surface area contributed by atoms with E-state index in [4.69, 9.17) is 14.6 Å². The number of amides is 1. The molecule has 1 amide bonds. The van der Waals surface area contributed by atoms with Gasteiger partial charge in [-0.3, -0.25) is 9.52 Å². The van der Waals surface area contributed by atoms with Gasteiger partial charge in [-0.2, -0.15) is 13.2 Å². The number of halogens is 3. The van der Waals surface area contributed by atoms with Gasteiger partial charge in [0.1, 0.15) is 0 Å². The number of hydrogen-bond donors (Lipinski definition) is 4. The minimum Gasteiger partial charge on any atom is -0.475 e. The highest BCUT2D eigenvalue weighted by Crippen LogP contribution is 2.31. The van der Waals surface area contributed by atoms with Crippen LogP contribution in [0.3, 0.4) is 0 Å². The number of carboxylic acids is 1. The van der Waals surface area contributed by atoms with Crippen molar-refractivity contribution < 1.29 is 41.0 Å². The number of rotatable bonds is 8. The molecule has 40 heavy (non-hydrogen) atoms. The number of methoxy groups -OCH3 is 1. The highest BCUT2D eigenvalue weighted by molar-refractivity contribution is 7.92. The standard InChI is InChI=1S/C24H32N4O4S.C2HF3O2/c1-32-15-12-26-24(29)20-7-9-23(28-13-10-25-11-14-28)22(17-20)27-33(30,31)21-8-6-18-4-2-3-5-19(18)16-21;3-2(4,5)1(6)7/h6-9,16-17,25,27H,2-5,10-15H2,1H3,(H,26,29);(H,6,7). The van der Waals surface area contributed by atoms with Gasteiger partial charge < -0.3 is 25.4 Å². The average Bonchev–Trinajstić information content (AvgIpc) is 2.93. The molecule has 0 atom stereocenters. The Morgan fingerprint density at radius 1 is 1.05 bits per heavy atom. The zero-order valence-electron chi connectivity index (χ0n) is 22.0. The van der Waals surface area contributed by atoms with E-state index in [0.717, 1.165) is 63.1 Å². The summed E-state index contributed by atoms with van der Waals surface area (Å²) in [5.74, 6) is -3.03. The number of benzene rings is 2. The molecule has 1 aliphatic heterocycles. The monoisotopic (exact) mass is 586 g/mol. The molecule has 2 aromatic carbocycles. The Morgan fingerprint density at radius 2 is 1.70 bits per heavy atom. The van der Waals surface area contributed by atoms with E-state index in [0.29, 0.717) is 24.4 Å². The van der Waals surface area contributed by atoms with E-state index in [1.54, 1.807) is 31.4 Å². The number of fused-ring (bicyclic) bond motifs is 1. The number of carbonyl (C=O) groups excluding carboxylic acids is 1. The van der Waals surface area contributed by atoms with Crippen molar-refractivity contribution in [2.75, 3.05) is 56.1 Å². The van der Waals surface area contributed by atoms with Crippen molar-refractivity contribution in [3.05, 3.63) is 53.1 Å². The number of aliphatic carboxylic acids is 1. The lowest BCUT2D eigenvalue weighted by Crippen LogP contribution is -2.43. The van der Waals surface area contributed by atoms with E-state index in [1.807, 2.05) is 12.1 Å². The molecule has 1 heterocycles. The van der Waals surface area contributed by atoms with Gasteiger partial charge in [0.2, 0.25) is 0 Å². The minimum absolute atomic E-state index is 0.254. The van der Waals surface area contributed by atoms with Crippen LogP contribution in [0.2, 0.25) is 0 Å². The minimum atomic E-state index is -5.08. The number of ether oxygens (including phenoxy) is 1. The molecule has 0 unspecified atom stereocenters. The normalized spacial score (nSPS) is 15.3. The second kappa shape index (κ2) is 13.8. The van der Waals surface area contributed by atoms with Crippen LogP contribution in [0.25, 0.3) is 0 Å². The molecule has 0 aromatic heterocycles. The largest absolute Gasteiger partial charge is 0.490 e. The van der Waals surface area contributed by atoms with Crippen LogP contribution >= 0.6 is 0 Å². The van der Waals surface area contributed by atoms with E-state index in [-0.39, 0.29) is 10.8 Å². The Labute approximate surface area is 230 Å². The van der Waals surface area contributed by atoms with E-state index in [1.165, 1.54) is 5.56 Å². The van der Waals surface area contributed by atoms with Gasteiger partial charge in [0.25, 0.3) is 15.9 Å². The van der Waals surface area contributed by atoms with Gasteiger partial charge in [-0.05, 0) is 67.1 Å². The summed E-state index contributed by atoms with van der Waals surface area (Å²) < 4.78 is 66.2. The second-order valence-corrected chi connectivity index (χ2v) is 10.9. The van der Waals surface area contributed by atoms with Crippen molar-refractivity contribution in [1.29, 1.82) is 0 Å². The molecule has 0 radical (unpaired) electrons. The van der Waals surface area contributed by atoms with Crippen LogP contribution in [0, 0.1) is 0 Å². The van der Waals surface area contributed by atoms with Crippen molar-refractivity contribution in [1.82, 2.24) is 10.6 Å². The van der Waals surface area contributed by atoms with Crippen LogP contribution < -0.4 is 20.3 Å². The van der Waals surface area contributed by atoms with Gasteiger partial charge in [-0.25, -0.2) is 13.2 Å². The number of aryl methyl sites for hydroxylation is 2. The zero-order valence-corrected chi connectivity index (χ0v) is 22.8. The van der Waals surface area contributed by atoms with Gasteiger partial charge in [0.15, 0.2) is 0 Å². The first-order valence-corrected chi connectivity index (χ1v) is 14.2. The first kappa shape index (κ1) is 31.2. The number of carbonyl (C=O) groups is 2. The van der Waals surface area contributed by atoms with Crippen LogP contribution in [0.5, 0.6) is 0 Å². The molecule has 1 fully saturated rings. The fraction of sp³-hybridized carbons (Fsp3) is 0.462. The molecule has 1 aliphatic carbocycles. The van der Waals surface area contributed by atoms with E-state index in [2.05, 4.69) is 20.3 Å². The summed E-state index contributed by atoms with van der Waals surface area (Å²) in [5, 5.41) is 13.2. The summed E-state index contributed by atoms with van der Waals surface area (Å²) in [6.45, 7) is 3.93. The number of alkyl halides is 3. The fourth-order valence-corrected chi connectivity index (χ4v) is 5.51. The van der Waals surface area contributed by atoms with Crippen molar-refractivity contribution in [3.8, 4) is 0 Å². The Kier molecular flexibility index (Phi) is 10.8. The molecule has 220 valence electrons. The van der Waals surface area contributed by atoms with Gasteiger partial charge >= 0.3 is 12.1 Å². The lowest BCUT2D eigenvalue weighted by Gasteiger charge is -2.31. The predicted octanol–water partition coefficient (Wildman–Crippen LogP) is 2.79. The molecular formula is C26H33F3N4O6S. The number of anilines is 2. The van der Waals surface area contributed by atoms with Crippen LogP contribution in [-0.4, -0.2) is 78.0 Å². The van der Waals surface area contributed by atoms with Crippen molar-refractivity contribution in [2.24, 2.45) is 0 Å². The lowest BCUT2D eigenvalue weighted by atomic mass is 9.92. The maximum Gasteiger partial charge on any atom is 0.490 e. The summed E-state index contributed by atoms with van der Waals surface area (Å²) in [7, 11) is -2.24. The molecule has 10 nitrogen and oxygen atoms in total. The van der Waals surface area contributed by atoms with Crippen LogP contribution in [0.1, 0.15) is 34.3 Å². The maximum absolute atomic E-state index is 13.4. The number of nitrogens with zero attached hydrogens (tertiary/aromatic N) is 1. The second-order valence-electron chi connectivity index (χ2n) is 9.26. The highest BCUT2D eigenvalue weighted by Gasteiger charge is 2.38. The SMILES string of the molecule is COCCNC(=O)c1ccc(N2CCNCC2)c(NS(=O)(=O)c2ccc3c(c2)CCCC3)c1.O=C(O)C(F)(F)F. The predicted molar refractivity (Wildman–Crippen MR) is 143 cm³/mol. The molecule has 4 N–H and O–H groups in total. The van der Waals surface area contributed by atoms with Crippen molar-refractivity contribution in [3.63, 3.8) is 0 Å². The molecule has 0 saturated carbocycles. The van der Waals surface area contributed by atoms with Gasteiger partial charge in [0.05, 0.1) is 22.9 Å². The van der Waals surface area contributed by atoms with E-state index < -0.39 is 22.2 Å². The number of carboxylic acid groups (broad SMARTS) is 1. The van der Waals surface area contributed by atoms with Gasteiger partial charge in [-0.15, -0.1) is 0 Å². The molecule has 2 aliphatic rings. The molecule has 4 rings (SSSR count). The quantitative estimate of drug-likeness (QED) is 0.347. The van der Waals surface area contributed by atoms with Gasteiger partial charge in [0, 0.05) is 45.4 Å². The third-order valence-corrected chi connectivity index (χ3v) is 7.79. The lowest BCUT2D eigenvalue weighted by molar-refractivity contribution is -0.192. The molecule has 0 spiro atoms. The summed E-state index contributed by atoms with van der Waals surface area (Å²) in [4.78, 5) is 23.9. The van der Waals surface area contributed by atoms with Crippen LogP contribution in [-0.2, 0) is 32.4 Å². The highest BCUT2D eigenvalue weighted by atomic mass is 32.2. The third-order valence-electron chi connectivity index (χ3n) is 6.43. The molecule has 0 bridgehead atoms. The first-order chi connectivity index (χ1) is 18.9. The summed E-state index contributed by atoms with van der Waals surface area (Å²) in [5.41, 5.74) is 3.92. The van der Waals surface area contributed by atoms with Gasteiger partial charge in [-0.1, -0.05) is 6.07 Å². The van der Waals surface area contributed by atoms with E-state index in [9.17, 15) is 26.4 Å². The Bertz CT molecular complexity index is 1300. The number of sulfonamides is 1. The topological polar surface area (TPSA) is 137 Å². The number of hydrogen-bond acceptors (Lipinski definition) is 7. The third kappa shape index (κ3) is 8.57. The Hall–Kier alpha value is -3.36. The molecular weight excluding hydrogens is 553 g/mol. The number of piperazine rings is 1. The van der Waals surface area contributed by atoms with Crippen LogP contribution in [0.4, 0.5) is 24.5 Å². The summed E-state index contributed by atoms with van der Waals surface area (Å²) >= 11 is 0. The molecule has 1 saturated heterocycles. The smallest absolute Gasteiger partial charge is 0.475 e. The fourth-order valence-electron chi connectivity index (χ4n) is 4.39. The summed E-state index contributed by atoms with van der Waals surface area (Å²) in [6, 6.07) is 10.6. The van der Waals surface area contributed by atoms with Crippen LogP contribution in [0.15, 0.2) is 41.3 Å². The molecule has 14 heteroatoms. The number of nitrogens with one attached hydrogen (secondary N) is 3. The Morgan fingerprint density at radius 3 is 2.33 bits per heavy atom. The van der Waals surface area contributed by atoms with Crippen molar-refractivity contribution in [2.45, 2.75) is 36.8 Å². The van der Waals surface area contributed by atoms with E-state index >= 15 is 0 Å². The maximum atomic E-state index is 13.4. The average molecular weight is 587 g/mol. The molecule has 2 aromatic rings. The summed E-state index contributed by atoms with van der Waals surface area (Å²) in [6.07, 6.45) is -0.958. The van der Waals surface area contributed by atoms with Crippen molar-refractivity contribution >= 4 is 33.3 Å². The zero-order chi connectivity index (χ0) is 29.3. The first-order valence-electron chi connectivity index (χ1n) is 12.7.